The highest BCUT2D eigenvalue weighted by atomic mass is 35.6. The minimum absolute atomic E-state index is 0.00148. The minimum atomic E-state index is -2.17. The topological polar surface area (TPSA) is 95.9 Å². The van der Waals surface area contributed by atoms with E-state index in [0.29, 0.717) is 0 Å². The number of hydrogen-bond acceptors (Lipinski definition) is 5. The molecule has 18 heavy (non-hydrogen) atoms. The number of ether oxygens (including phenoxy) is 1. The van der Waals surface area contributed by atoms with E-state index in [1.807, 2.05) is 0 Å². The Bertz CT molecular complexity index is 346. The van der Waals surface area contributed by atoms with Crippen LogP contribution in [0.15, 0.2) is 0 Å². The van der Waals surface area contributed by atoms with Gasteiger partial charge in [-0.25, -0.2) is 0 Å². The van der Waals surface area contributed by atoms with Gasteiger partial charge in [-0.15, -0.1) is 0 Å². The molecule has 0 bridgehead atoms. The Kier molecular flexibility index (Phi) is 5.08. The number of aliphatic hydroxyl groups excluding tert-OH is 2. The van der Waals surface area contributed by atoms with Crippen LogP contribution < -0.4 is 5.32 Å². The van der Waals surface area contributed by atoms with E-state index in [1.54, 1.807) is 0 Å². The highest BCUT2D eigenvalue weighted by Crippen LogP contribution is 2.30. The van der Waals surface area contributed by atoms with Crippen LogP contribution in [0.1, 0.15) is 6.42 Å². The molecule has 1 fully saturated rings. The number of nitrogens with one attached hydrogen (secondary N) is 1. The number of alkyl halides is 3. The first-order chi connectivity index (χ1) is 8.18. The number of halogens is 3. The molecule has 104 valence electrons. The van der Waals surface area contributed by atoms with E-state index >= 15 is 0 Å². The summed E-state index contributed by atoms with van der Waals surface area (Å²) in [5.74, 6) is -2.54. The summed E-state index contributed by atoms with van der Waals surface area (Å²) in [5.41, 5.74) is 0. The molecular weight excluding hydrogens is 308 g/mol. The normalized spacial score (nSPS) is 32.1. The summed E-state index contributed by atoms with van der Waals surface area (Å²) in [7, 11) is 1.16. The molecule has 1 aliphatic rings. The molecule has 0 aromatic carbocycles. The monoisotopic (exact) mass is 319 g/mol. The second-order valence-corrected chi connectivity index (χ2v) is 6.21. The molecular formula is C9H12Cl3NO5. The number of methoxy groups -OCH3 is 1. The smallest absolute Gasteiger partial charge is 0.311 e. The summed E-state index contributed by atoms with van der Waals surface area (Å²) in [6, 6.07) is -0.882. The lowest BCUT2D eigenvalue weighted by Crippen LogP contribution is -2.47. The second-order valence-electron chi connectivity index (χ2n) is 3.92. The molecule has 1 amide bonds. The lowest BCUT2D eigenvalue weighted by atomic mass is 10.1. The van der Waals surface area contributed by atoms with E-state index in [9.17, 15) is 19.8 Å². The van der Waals surface area contributed by atoms with Crippen LogP contribution in [0.4, 0.5) is 0 Å². The quantitative estimate of drug-likeness (QED) is 0.482. The molecule has 0 radical (unpaired) electrons. The maximum absolute atomic E-state index is 11.4. The average molecular weight is 321 g/mol. The lowest BCUT2D eigenvalue weighted by Gasteiger charge is -2.20. The van der Waals surface area contributed by atoms with Crippen molar-refractivity contribution in [3.8, 4) is 0 Å². The predicted octanol–water partition coefficient (Wildman–Crippen LogP) is -0.244. The van der Waals surface area contributed by atoms with Crippen molar-refractivity contribution in [2.24, 2.45) is 5.92 Å². The lowest BCUT2D eigenvalue weighted by molar-refractivity contribution is -0.149. The van der Waals surface area contributed by atoms with E-state index in [4.69, 9.17) is 34.8 Å². The van der Waals surface area contributed by atoms with Gasteiger partial charge in [-0.2, -0.15) is 0 Å². The Morgan fingerprint density at radius 3 is 2.28 bits per heavy atom. The van der Waals surface area contributed by atoms with Crippen LogP contribution in [0, 0.1) is 5.92 Å². The number of amides is 1. The third-order valence-corrected chi connectivity index (χ3v) is 3.28. The summed E-state index contributed by atoms with van der Waals surface area (Å²) in [6.45, 7) is 0. The molecule has 0 aromatic heterocycles. The average Bonchev–Trinajstić information content (AvgIpc) is 2.55. The number of rotatable bonds is 2. The van der Waals surface area contributed by atoms with Crippen molar-refractivity contribution in [2.75, 3.05) is 7.11 Å². The number of esters is 1. The standard InChI is InChI=1S/C9H12Cl3NO5/c1-18-7(16)3-2-4(6(15)5(3)14)13-8(17)9(10,11)12/h3-6,14-15H,2H2,1H3,(H,13,17)/t3-,4+,5+,6-/m1/s1. The maximum atomic E-state index is 11.4. The predicted molar refractivity (Wildman–Crippen MR) is 64.4 cm³/mol. The van der Waals surface area contributed by atoms with Gasteiger partial charge < -0.3 is 20.3 Å². The number of hydrogen-bond donors (Lipinski definition) is 3. The molecule has 1 saturated carbocycles. The van der Waals surface area contributed by atoms with Crippen molar-refractivity contribution in [3.05, 3.63) is 0 Å². The van der Waals surface area contributed by atoms with Gasteiger partial charge in [-0.05, 0) is 6.42 Å². The fourth-order valence-electron chi connectivity index (χ4n) is 1.81. The first-order valence-electron chi connectivity index (χ1n) is 5.00. The Hall–Kier alpha value is -0.270. The summed E-state index contributed by atoms with van der Waals surface area (Å²) >= 11 is 16.1. The zero-order valence-electron chi connectivity index (χ0n) is 9.27. The van der Waals surface area contributed by atoms with E-state index in [2.05, 4.69) is 10.1 Å². The van der Waals surface area contributed by atoms with Crippen molar-refractivity contribution in [2.45, 2.75) is 28.5 Å². The fourth-order valence-corrected chi connectivity index (χ4v) is 1.97. The van der Waals surface area contributed by atoms with Crippen LogP contribution in [0.2, 0.25) is 0 Å². The van der Waals surface area contributed by atoms with Gasteiger partial charge in [0.15, 0.2) is 0 Å². The molecule has 6 nitrogen and oxygen atoms in total. The highest BCUT2D eigenvalue weighted by molar-refractivity contribution is 6.76. The molecule has 0 aliphatic heterocycles. The molecule has 0 saturated heterocycles. The molecule has 3 N–H and O–H groups in total. The van der Waals surface area contributed by atoms with Gasteiger partial charge in [0.05, 0.1) is 25.2 Å². The first kappa shape index (κ1) is 15.8. The molecule has 9 heteroatoms. The van der Waals surface area contributed by atoms with E-state index < -0.39 is 39.8 Å². The molecule has 1 aliphatic carbocycles. The Morgan fingerprint density at radius 2 is 1.83 bits per heavy atom. The van der Waals surface area contributed by atoms with Crippen molar-refractivity contribution >= 4 is 46.7 Å². The molecule has 0 aromatic rings. The first-order valence-corrected chi connectivity index (χ1v) is 6.13. The second kappa shape index (κ2) is 5.79. The number of aliphatic hydroxyl groups is 2. The van der Waals surface area contributed by atoms with E-state index in [0.717, 1.165) is 7.11 Å². The zero-order chi connectivity index (χ0) is 14.1. The van der Waals surface area contributed by atoms with E-state index in [1.165, 1.54) is 0 Å². The van der Waals surface area contributed by atoms with Gasteiger partial charge >= 0.3 is 5.97 Å². The van der Waals surface area contributed by atoms with Gasteiger partial charge in [0, 0.05) is 0 Å². The van der Waals surface area contributed by atoms with Crippen molar-refractivity contribution < 1.29 is 24.5 Å². The summed E-state index contributed by atoms with van der Waals surface area (Å²) < 4.78 is 2.30. The summed E-state index contributed by atoms with van der Waals surface area (Å²) in [5, 5.41) is 21.6. The van der Waals surface area contributed by atoms with E-state index in [-0.39, 0.29) is 6.42 Å². The molecule has 0 spiro atoms. The molecule has 0 heterocycles. The zero-order valence-corrected chi connectivity index (χ0v) is 11.5. The summed E-state index contributed by atoms with van der Waals surface area (Å²) in [4.78, 5) is 22.7. The fraction of sp³-hybridized carbons (Fsp3) is 0.778. The van der Waals surface area contributed by atoms with Gasteiger partial charge in [0.1, 0.15) is 6.10 Å². The molecule has 4 atom stereocenters. The minimum Gasteiger partial charge on any atom is -0.469 e. The van der Waals surface area contributed by atoms with Crippen LogP contribution in [0.5, 0.6) is 0 Å². The number of carbonyl (C=O) groups is 2. The van der Waals surface area contributed by atoms with Gasteiger partial charge in [0.2, 0.25) is 0 Å². The molecule has 1 rings (SSSR count). The van der Waals surface area contributed by atoms with Crippen LogP contribution in [0.3, 0.4) is 0 Å². The van der Waals surface area contributed by atoms with Crippen molar-refractivity contribution in [3.63, 3.8) is 0 Å². The summed E-state index contributed by atoms with van der Waals surface area (Å²) in [6.07, 6.45) is -2.66. The SMILES string of the molecule is COC(=O)[C@@H]1C[C@H](NC(=O)C(Cl)(Cl)Cl)[C@@H](O)[C@H]1O. The van der Waals surface area contributed by atoms with Crippen LogP contribution in [0.25, 0.3) is 0 Å². The van der Waals surface area contributed by atoms with Crippen LogP contribution in [-0.2, 0) is 14.3 Å². The Balaban J connectivity index is 2.70. The van der Waals surface area contributed by atoms with Gasteiger partial charge in [-0.3, -0.25) is 9.59 Å². The van der Waals surface area contributed by atoms with Gasteiger partial charge in [-0.1, -0.05) is 34.8 Å². The van der Waals surface area contributed by atoms with Crippen LogP contribution in [-0.4, -0.2) is 51.2 Å². The van der Waals surface area contributed by atoms with Crippen LogP contribution >= 0.6 is 34.8 Å². The third-order valence-electron chi connectivity index (χ3n) is 2.76. The number of carbonyl (C=O) groups excluding carboxylic acids is 2. The largest absolute Gasteiger partial charge is 0.469 e. The highest BCUT2D eigenvalue weighted by Gasteiger charge is 2.47. The Morgan fingerprint density at radius 1 is 1.28 bits per heavy atom. The van der Waals surface area contributed by atoms with Gasteiger partial charge in [0.25, 0.3) is 9.70 Å². The van der Waals surface area contributed by atoms with Crippen molar-refractivity contribution in [1.82, 2.24) is 5.32 Å². The van der Waals surface area contributed by atoms with Crippen molar-refractivity contribution in [1.29, 1.82) is 0 Å². The molecule has 0 unspecified atom stereocenters. The third kappa shape index (κ3) is 3.39. The Labute approximate surface area is 118 Å². The maximum Gasteiger partial charge on any atom is 0.311 e.